The second-order valence-electron chi connectivity index (χ2n) is 6.40. The third kappa shape index (κ3) is 3.66. The molecule has 0 radical (unpaired) electrons. The van der Waals surface area contributed by atoms with E-state index in [-0.39, 0.29) is 30.4 Å². The number of anilines is 2. The van der Waals surface area contributed by atoms with E-state index >= 15 is 0 Å². The van der Waals surface area contributed by atoms with Gasteiger partial charge in [0.05, 0.1) is 6.54 Å². The van der Waals surface area contributed by atoms with Crippen molar-refractivity contribution in [1.82, 2.24) is 0 Å². The number of cyclic esters (lactones) is 1. The van der Waals surface area contributed by atoms with E-state index in [0.717, 1.165) is 17.8 Å². The number of rotatable bonds is 4. The summed E-state index contributed by atoms with van der Waals surface area (Å²) in [5.74, 6) is 0.265. The average Bonchev–Trinajstić information content (AvgIpc) is 3.20. The molecule has 0 bridgehead atoms. The number of nitrogens with two attached hydrogens (primary N) is 1. The van der Waals surface area contributed by atoms with Gasteiger partial charge in [0.2, 0.25) is 0 Å². The number of carbonyl (C=O) groups excluding carboxylic acids is 2. The zero-order chi connectivity index (χ0) is 17.4. The van der Waals surface area contributed by atoms with Gasteiger partial charge in [0.25, 0.3) is 5.91 Å². The molecule has 3 N–H and O–H groups in total. The molecule has 136 valence electrons. The van der Waals surface area contributed by atoms with Crippen molar-refractivity contribution < 1.29 is 14.3 Å². The minimum Gasteiger partial charge on any atom is -0.447 e. The topological polar surface area (TPSA) is 84.7 Å². The third-order valence-corrected chi connectivity index (χ3v) is 4.64. The van der Waals surface area contributed by atoms with Crippen LogP contribution in [0.4, 0.5) is 16.2 Å². The molecule has 2 atom stereocenters. The number of carbonyl (C=O) groups is 2. The predicted molar refractivity (Wildman–Crippen MR) is 102 cm³/mol. The summed E-state index contributed by atoms with van der Waals surface area (Å²) in [5, 5.41) is 2.88. The molecular formula is C19H20ClN3O3. The number of nitrogens with one attached hydrogen (secondary N) is 1. The molecule has 0 aromatic heterocycles. The molecule has 26 heavy (non-hydrogen) atoms. The van der Waals surface area contributed by atoms with Crippen molar-refractivity contribution in [2.24, 2.45) is 5.73 Å². The Morgan fingerprint density at radius 3 is 2.31 bits per heavy atom. The van der Waals surface area contributed by atoms with Crippen molar-refractivity contribution >= 4 is 35.8 Å². The number of benzene rings is 2. The highest BCUT2D eigenvalue weighted by atomic mass is 35.5. The lowest BCUT2D eigenvalue weighted by Gasteiger charge is -2.13. The monoisotopic (exact) mass is 373 g/mol. The first-order chi connectivity index (χ1) is 12.1. The van der Waals surface area contributed by atoms with Crippen LogP contribution in [0.1, 0.15) is 28.3 Å². The number of nitrogens with zero attached hydrogens (tertiary/aromatic N) is 1. The molecule has 1 saturated heterocycles. The number of amides is 2. The van der Waals surface area contributed by atoms with Crippen LogP contribution in [0.25, 0.3) is 0 Å². The van der Waals surface area contributed by atoms with Gasteiger partial charge in [0.15, 0.2) is 0 Å². The second-order valence-corrected chi connectivity index (χ2v) is 6.40. The Balaban J connectivity index is 0.00000196. The summed E-state index contributed by atoms with van der Waals surface area (Å²) >= 11 is 0. The molecule has 1 aliphatic carbocycles. The molecule has 6 nitrogen and oxygen atoms in total. The third-order valence-electron chi connectivity index (χ3n) is 4.64. The van der Waals surface area contributed by atoms with E-state index in [2.05, 4.69) is 5.32 Å². The van der Waals surface area contributed by atoms with Crippen LogP contribution in [-0.4, -0.2) is 31.2 Å². The van der Waals surface area contributed by atoms with E-state index in [1.54, 1.807) is 29.2 Å². The average molecular weight is 374 g/mol. The number of hydrogen-bond donors (Lipinski definition) is 2. The molecule has 2 aliphatic rings. The van der Waals surface area contributed by atoms with Crippen LogP contribution in [0.3, 0.4) is 0 Å². The van der Waals surface area contributed by atoms with Crippen LogP contribution in [0.5, 0.6) is 0 Å². The summed E-state index contributed by atoms with van der Waals surface area (Å²) in [5.41, 5.74) is 9.08. The van der Waals surface area contributed by atoms with Gasteiger partial charge >= 0.3 is 6.09 Å². The summed E-state index contributed by atoms with van der Waals surface area (Å²) < 4.78 is 4.91. The fraction of sp³-hybridized carbons (Fsp3) is 0.263. The molecule has 2 amide bonds. The summed E-state index contributed by atoms with van der Waals surface area (Å²) in [7, 11) is 0. The lowest BCUT2D eigenvalue weighted by atomic mass is 10.1. The van der Waals surface area contributed by atoms with Crippen LogP contribution in [-0.2, 0) is 4.74 Å². The van der Waals surface area contributed by atoms with E-state index < -0.39 is 0 Å². The van der Waals surface area contributed by atoms with Gasteiger partial charge in [-0.15, -0.1) is 12.4 Å². The Kier molecular flexibility index (Phi) is 5.15. The maximum atomic E-state index is 12.4. The molecule has 2 aromatic carbocycles. The highest BCUT2D eigenvalue weighted by molar-refractivity contribution is 6.04. The van der Waals surface area contributed by atoms with Crippen molar-refractivity contribution in [2.75, 3.05) is 23.4 Å². The molecule has 7 heteroatoms. The molecule has 0 spiro atoms. The minimum atomic E-state index is -0.354. The maximum Gasteiger partial charge on any atom is 0.414 e. The van der Waals surface area contributed by atoms with Crippen molar-refractivity contribution in [3.8, 4) is 0 Å². The van der Waals surface area contributed by atoms with Gasteiger partial charge in [-0.1, -0.05) is 12.1 Å². The number of ether oxygens (including phenoxy) is 1. The zero-order valence-electron chi connectivity index (χ0n) is 14.1. The van der Waals surface area contributed by atoms with Gasteiger partial charge in [0.1, 0.15) is 6.61 Å². The largest absolute Gasteiger partial charge is 0.447 e. The van der Waals surface area contributed by atoms with Gasteiger partial charge in [0, 0.05) is 28.9 Å². The van der Waals surface area contributed by atoms with Gasteiger partial charge < -0.3 is 15.8 Å². The first-order valence-corrected chi connectivity index (χ1v) is 8.33. The number of hydrogen-bond acceptors (Lipinski definition) is 4. The first-order valence-electron chi connectivity index (χ1n) is 8.33. The SMILES string of the molecule is Cl.N[C@@H]1C[C@H]1c1ccc(NC(=O)c2ccc(N3CCOC3=O)cc2)cc1. The quantitative estimate of drug-likeness (QED) is 0.862. The summed E-state index contributed by atoms with van der Waals surface area (Å²) in [6, 6.07) is 15.0. The summed E-state index contributed by atoms with van der Waals surface area (Å²) in [4.78, 5) is 25.5. The van der Waals surface area contributed by atoms with E-state index in [0.29, 0.717) is 24.6 Å². The first kappa shape index (κ1) is 18.2. The zero-order valence-corrected chi connectivity index (χ0v) is 14.9. The standard InChI is InChI=1S/C19H19N3O3.ClH/c20-17-11-16(17)12-1-5-14(6-2-12)21-18(23)13-3-7-15(8-4-13)22-9-10-25-19(22)24;/h1-8,16-17H,9-11,20H2,(H,21,23);1H/t16-,17+;/m0./s1. The van der Waals surface area contributed by atoms with Crippen molar-refractivity contribution in [3.63, 3.8) is 0 Å². The predicted octanol–water partition coefficient (Wildman–Crippen LogP) is 3.13. The van der Waals surface area contributed by atoms with E-state index in [1.165, 1.54) is 5.56 Å². The van der Waals surface area contributed by atoms with Crippen molar-refractivity contribution in [2.45, 2.75) is 18.4 Å². The Bertz CT molecular complexity index is 808. The minimum absolute atomic E-state index is 0. The van der Waals surface area contributed by atoms with Crippen LogP contribution in [0.15, 0.2) is 48.5 Å². The molecule has 1 saturated carbocycles. The molecule has 4 rings (SSSR count). The molecule has 2 fully saturated rings. The van der Waals surface area contributed by atoms with Crippen molar-refractivity contribution in [3.05, 3.63) is 59.7 Å². The van der Waals surface area contributed by atoms with E-state index in [9.17, 15) is 9.59 Å². The molecule has 2 aromatic rings. The van der Waals surface area contributed by atoms with Crippen molar-refractivity contribution in [1.29, 1.82) is 0 Å². The highest BCUT2D eigenvalue weighted by Crippen LogP contribution is 2.39. The smallest absolute Gasteiger partial charge is 0.414 e. The fourth-order valence-electron chi connectivity index (χ4n) is 3.04. The van der Waals surface area contributed by atoms with Gasteiger partial charge in [-0.3, -0.25) is 9.69 Å². The normalized spacial score (nSPS) is 21.0. The van der Waals surface area contributed by atoms with Crippen LogP contribution >= 0.6 is 12.4 Å². The fourth-order valence-corrected chi connectivity index (χ4v) is 3.04. The lowest BCUT2D eigenvalue weighted by Crippen LogP contribution is -2.23. The van der Waals surface area contributed by atoms with E-state index in [4.69, 9.17) is 10.5 Å². The molecule has 1 aliphatic heterocycles. The van der Waals surface area contributed by atoms with Gasteiger partial charge in [-0.2, -0.15) is 0 Å². The Hall–Kier alpha value is -2.57. The Morgan fingerprint density at radius 2 is 1.77 bits per heavy atom. The molecule has 1 heterocycles. The summed E-state index contributed by atoms with van der Waals surface area (Å²) in [6.07, 6.45) is 0.676. The van der Waals surface area contributed by atoms with Gasteiger partial charge in [-0.05, 0) is 48.4 Å². The van der Waals surface area contributed by atoms with Gasteiger partial charge in [-0.25, -0.2) is 4.79 Å². The summed E-state index contributed by atoms with van der Waals surface area (Å²) in [6.45, 7) is 0.921. The molecule has 0 unspecified atom stereocenters. The second kappa shape index (κ2) is 7.35. The van der Waals surface area contributed by atoms with E-state index in [1.807, 2.05) is 24.3 Å². The Morgan fingerprint density at radius 1 is 1.12 bits per heavy atom. The Labute approximate surface area is 157 Å². The molecular weight excluding hydrogens is 354 g/mol. The number of halogens is 1. The lowest BCUT2D eigenvalue weighted by molar-refractivity contribution is 0.102. The highest BCUT2D eigenvalue weighted by Gasteiger charge is 2.34. The van der Waals surface area contributed by atoms with Crippen LogP contribution in [0, 0.1) is 0 Å². The van der Waals surface area contributed by atoms with Crippen LogP contribution < -0.4 is 16.0 Å². The van der Waals surface area contributed by atoms with Crippen LogP contribution in [0.2, 0.25) is 0 Å². The maximum absolute atomic E-state index is 12.4.